The molecule has 0 saturated carbocycles. The van der Waals surface area contributed by atoms with Crippen molar-refractivity contribution in [2.45, 2.75) is 25.7 Å². The van der Waals surface area contributed by atoms with Crippen LogP contribution in [0.3, 0.4) is 0 Å². The summed E-state index contributed by atoms with van der Waals surface area (Å²) in [5, 5.41) is 5.04. The van der Waals surface area contributed by atoms with E-state index in [4.69, 9.17) is 0 Å². The summed E-state index contributed by atoms with van der Waals surface area (Å²) in [6.07, 6.45) is 0. The Hall–Kier alpha value is -2.54. The number of benzene rings is 2. The van der Waals surface area contributed by atoms with E-state index in [1.54, 1.807) is 38.1 Å². The van der Waals surface area contributed by atoms with E-state index < -0.39 is 10.0 Å². The summed E-state index contributed by atoms with van der Waals surface area (Å²) >= 11 is 0. The molecule has 2 rings (SSSR count). The van der Waals surface area contributed by atoms with Crippen LogP contribution in [0.15, 0.2) is 41.3 Å². The number of hydrogen-bond acceptors (Lipinski definition) is 3. The Bertz CT molecular complexity index is 853. The van der Waals surface area contributed by atoms with Crippen molar-refractivity contribution >= 4 is 27.4 Å². The highest BCUT2D eigenvalue weighted by atomic mass is 32.2. The minimum absolute atomic E-state index is 0.276. The number of urea groups is 1. The molecule has 0 aliphatic heterocycles. The third kappa shape index (κ3) is 4.05. The maximum absolute atomic E-state index is 12.7. The van der Waals surface area contributed by atoms with Gasteiger partial charge in [-0.3, -0.25) is 4.72 Å². The molecule has 0 spiro atoms. The van der Waals surface area contributed by atoms with Crippen molar-refractivity contribution in [1.82, 2.24) is 5.32 Å². The topological polar surface area (TPSA) is 87.3 Å². The van der Waals surface area contributed by atoms with Crippen LogP contribution in [-0.4, -0.2) is 21.5 Å². The minimum Gasteiger partial charge on any atom is -0.341 e. The van der Waals surface area contributed by atoms with E-state index in [-0.39, 0.29) is 10.9 Å². The maximum Gasteiger partial charge on any atom is 0.318 e. The van der Waals surface area contributed by atoms with Gasteiger partial charge < -0.3 is 10.6 Å². The van der Waals surface area contributed by atoms with E-state index in [0.717, 1.165) is 5.56 Å². The second-order valence-corrected chi connectivity index (χ2v) is 7.24. The van der Waals surface area contributed by atoms with E-state index >= 15 is 0 Å². The predicted molar refractivity (Wildman–Crippen MR) is 96.0 cm³/mol. The molecule has 0 aromatic heterocycles. The van der Waals surface area contributed by atoms with Crippen LogP contribution in [0, 0.1) is 20.8 Å². The van der Waals surface area contributed by atoms with Gasteiger partial charge in [0, 0.05) is 12.7 Å². The predicted octanol–water partition coefficient (Wildman–Crippen LogP) is 3.16. The number of nitrogens with one attached hydrogen (secondary N) is 3. The molecule has 6 nitrogen and oxygen atoms in total. The van der Waals surface area contributed by atoms with Gasteiger partial charge in [0.15, 0.2) is 0 Å². The highest BCUT2D eigenvalue weighted by Crippen LogP contribution is 2.25. The molecule has 0 radical (unpaired) electrons. The molecule has 2 amide bonds. The van der Waals surface area contributed by atoms with Crippen LogP contribution in [0.4, 0.5) is 16.2 Å². The molecular weight excluding hydrogens is 326 g/mol. The van der Waals surface area contributed by atoms with Crippen molar-refractivity contribution < 1.29 is 13.2 Å². The first-order chi connectivity index (χ1) is 11.2. The van der Waals surface area contributed by atoms with Crippen LogP contribution < -0.4 is 15.4 Å². The van der Waals surface area contributed by atoms with Crippen LogP contribution in [-0.2, 0) is 10.0 Å². The molecule has 2 aromatic rings. The molecule has 7 heteroatoms. The Balaban J connectivity index is 2.34. The van der Waals surface area contributed by atoms with E-state index in [1.807, 2.05) is 19.1 Å². The van der Waals surface area contributed by atoms with Gasteiger partial charge in [-0.05, 0) is 50.1 Å². The van der Waals surface area contributed by atoms with E-state index in [9.17, 15) is 13.2 Å². The summed E-state index contributed by atoms with van der Waals surface area (Å²) in [6.45, 7) is 5.48. The number of rotatable bonds is 4. The van der Waals surface area contributed by atoms with Gasteiger partial charge in [-0.1, -0.05) is 23.8 Å². The fourth-order valence-corrected chi connectivity index (χ4v) is 4.16. The Morgan fingerprint density at radius 1 is 0.958 bits per heavy atom. The standard InChI is InChI=1S/C17H21N3O3S/c1-11-8-12(2)16(13(3)9-11)24(22,23)20-15-7-5-6-14(10-15)19-17(21)18-4/h5-10,20H,1-4H3,(H2,18,19,21). The monoisotopic (exact) mass is 347 g/mol. The molecule has 24 heavy (non-hydrogen) atoms. The molecule has 0 heterocycles. The Morgan fingerprint density at radius 2 is 1.54 bits per heavy atom. The van der Waals surface area contributed by atoms with Gasteiger partial charge >= 0.3 is 6.03 Å². The van der Waals surface area contributed by atoms with Gasteiger partial charge in [-0.2, -0.15) is 0 Å². The van der Waals surface area contributed by atoms with Crippen LogP contribution >= 0.6 is 0 Å². The minimum atomic E-state index is -3.72. The Morgan fingerprint density at radius 3 is 2.12 bits per heavy atom. The molecule has 0 aliphatic carbocycles. The lowest BCUT2D eigenvalue weighted by atomic mass is 10.1. The summed E-state index contributed by atoms with van der Waals surface area (Å²) in [4.78, 5) is 11.6. The van der Waals surface area contributed by atoms with Gasteiger partial charge in [-0.15, -0.1) is 0 Å². The van der Waals surface area contributed by atoms with E-state index in [2.05, 4.69) is 15.4 Å². The largest absolute Gasteiger partial charge is 0.341 e. The van der Waals surface area contributed by atoms with Gasteiger partial charge in [0.1, 0.15) is 0 Å². The summed E-state index contributed by atoms with van der Waals surface area (Å²) in [7, 11) is -2.22. The lowest BCUT2D eigenvalue weighted by molar-refractivity contribution is 0.254. The second kappa shape index (κ2) is 6.92. The average molecular weight is 347 g/mol. The number of amides is 2. The third-order valence-corrected chi connectivity index (χ3v) is 5.16. The van der Waals surface area contributed by atoms with Crippen LogP contribution in [0.5, 0.6) is 0 Å². The zero-order valence-electron chi connectivity index (χ0n) is 14.1. The van der Waals surface area contributed by atoms with Crippen LogP contribution in [0.1, 0.15) is 16.7 Å². The highest BCUT2D eigenvalue weighted by molar-refractivity contribution is 7.92. The van der Waals surface area contributed by atoms with Gasteiger partial charge in [-0.25, -0.2) is 13.2 Å². The van der Waals surface area contributed by atoms with Crippen molar-refractivity contribution in [3.8, 4) is 0 Å². The van der Waals surface area contributed by atoms with Crippen LogP contribution in [0.2, 0.25) is 0 Å². The van der Waals surface area contributed by atoms with Crippen LogP contribution in [0.25, 0.3) is 0 Å². The Labute approximate surface area is 142 Å². The third-order valence-electron chi connectivity index (χ3n) is 3.47. The normalized spacial score (nSPS) is 11.0. The summed E-state index contributed by atoms with van der Waals surface area (Å²) in [5.74, 6) is 0. The fourth-order valence-electron chi connectivity index (χ4n) is 2.65. The molecule has 0 unspecified atom stereocenters. The van der Waals surface area contributed by atoms with Gasteiger partial charge in [0.05, 0.1) is 10.6 Å². The molecule has 0 saturated heterocycles. The highest BCUT2D eigenvalue weighted by Gasteiger charge is 2.20. The molecule has 0 aliphatic rings. The quantitative estimate of drug-likeness (QED) is 0.794. The second-order valence-electron chi connectivity index (χ2n) is 5.62. The zero-order valence-corrected chi connectivity index (χ0v) is 14.9. The van der Waals surface area contributed by atoms with Crippen molar-refractivity contribution in [3.63, 3.8) is 0 Å². The summed E-state index contributed by atoms with van der Waals surface area (Å²) in [5.41, 5.74) is 3.27. The first-order valence-electron chi connectivity index (χ1n) is 7.42. The Kier molecular flexibility index (Phi) is 5.14. The van der Waals surface area contributed by atoms with E-state index in [0.29, 0.717) is 22.5 Å². The van der Waals surface area contributed by atoms with E-state index in [1.165, 1.54) is 7.05 Å². The van der Waals surface area contributed by atoms with Crippen molar-refractivity contribution in [1.29, 1.82) is 0 Å². The number of sulfonamides is 1. The smallest absolute Gasteiger partial charge is 0.318 e. The van der Waals surface area contributed by atoms with Gasteiger partial charge in [0.25, 0.3) is 10.0 Å². The van der Waals surface area contributed by atoms with Crippen molar-refractivity contribution in [2.24, 2.45) is 0 Å². The zero-order chi connectivity index (χ0) is 17.9. The number of aryl methyl sites for hydroxylation is 3. The van der Waals surface area contributed by atoms with Gasteiger partial charge in [0.2, 0.25) is 0 Å². The molecule has 0 fully saturated rings. The molecule has 2 aromatic carbocycles. The number of carbonyl (C=O) groups excluding carboxylic acids is 1. The number of anilines is 2. The number of hydrogen-bond donors (Lipinski definition) is 3. The average Bonchev–Trinajstić information content (AvgIpc) is 2.45. The molecule has 0 atom stereocenters. The molecule has 128 valence electrons. The first kappa shape index (κ1) is 17.8. The SMILES string of the molecule is CNC(=O)Nc1cccc(NS(=O)(=O)c2c(C)cc(C)cc2C)c1. The lowest BCUT2D eigenvalue weighted by Gasteiger charge is -2.14. The lowest BCUT2D eigenvalue weighted by Crippen LogP contribution is -2.24. The summed E-state index contributed by atoms with van der Waals surface area (Å²) in [6, 6.07) is 9.83. The molecular formula is C17H21N3O3S. The molecule has 3 N–H and O–H groups in total. The first-order valence-corrected chi connectivity index (χ1v) is 8.90. The molecule has 0 bridgehead atoms. The summed E-state index contributed by atoms with van der Waals surface area (Å²) < 4.78 is 28.0. The number of carbonyl (C=O) groups is 1. The van der Waals surface area contributed by atoms with Crippen molar-refractivity contribution in [3.05, 3.63) is 53.1 Å². The maximum atomic E-state index is 12.7. The van der Waals surface area contributed by atoms with Crippen molar-refractivity contribution in [2.75, 3.05) is 17.1 Å². The fraction of sp³-hybridized carbons (Fsp3) is 0.235.